The summed E-state index contributed by atoms with van der Waals surface area (Å²) in [7, 11) is 0. The predicted molar refractivity (Wildman–Crippen MR) is 114 cm³/mol. The van der Waals surface area contributed by atoms with Crippen LogP contribution in [0.3, 0.4) is 0 Å². The highest BCUT2D eigenvalue weighted by Gasteiger charge is 2.22. The molecule has 0 radical (unpaired) electrons. The third-order valence-electron chi connectivity index (χ3n) is 5.24. The lowest BCUT2D eigenvalue weighted by Gasteiger charge is -2.32. The Balaban J connectivity index is 1.71. The molecule has 1 N–H and O–H groups in total. The van der Waals surface area contributed by atoms with Crippen molar-refractivity contribution in [1.82, 2.24) is 19.8 Å². The maximum atomic E-state index is 12.7. The quantitative estimate of drug-likeness (QED) is 0.723. The van der Waals surface area contributed by atoms with Crippen LogP contribution in [-0.2, 0) is 4.79 Å². The number of carbonyl (C=O) groups excluding carboxylic acids is 2. The summed E-state index contributed by atoms with van der Waals surface area (Å²) in [4.78, 5) is 37.7. The first-order chi connectivity index (χ1) is 14.0. The molecule has 1 aliphatic heterocycles. The molecule has 154 valence electrons. The summed E-state index contributed by atoms with van der Waals surface area (Å²) in [5.74, 6) is 0.433. The van der Waals surface area contributed by atoms with Crippen molar-refractivity contribution in [3.05, 3.63) is 41.9 Å². The van der Waals surface area contributed by atoms with Gasteiger partial charge in [0.25, 0.3) is 5.91 Å². The number of benzene rings is 1. The molecule has 1 aliphatic rings. The normalized spacial score (nSPS) is 13.9. The number of carbonyl (C=O) groups is 2. The van der Waals surface area contributed by atoms with Crippen LogP contribution in [0.4, 0.5) is 17.2 Å². The van der Waals surface area contributed by atoms with E-state index in [1.165, 1.54) is 12.0 Å². The van der Waals surface area contributed by atoms with Crippen molar-refractivity contribution in [3.8, 4) is 0 Å². The second-order valence-electron chi connectivity index (χ2n) is 7.02. The number of aryl methyl sites for hydroxylation is 1. The van der Waals surface area contributed by atoms with E-state index in [0.717, 1.165) is 30.8 Å². The molecule has 8 nitrogen and oxygen atoms in total. The summed E-state index contributed by atoms with van der Waals surface area (Å²) in [6, 6.07) is 7.94. The van der Waals surface area contributed by atoms with Crippen LogP contribution < -0.4 is 10.2 Å². The van der Waals surface area contributed by atoms with Crippen LogP contribution in [0, 0.1) is 6.92 Å². The molecule has 2 heterocycles. The van der Waals surface area contributed by atoms with Crippen molar-refractivity contribution >= 4 is 29.5 Å². The first kappa shape index (κ1) is 20.6. The van der Waals surface area contributed by atoms with E-state index in [4.69, 9.17) is 0 Å². The number of aromatic nitrogens is 2. The SMILES string of the molecule is CCN(CC)c1ccc(Nc2cc(C(=O)N3CCN(C=O)CC3)ncn2)c(C)c1. The number of anilines is 3. The molecule has 8 heteroatoms. The first-order valence-corrected chi connectivity index (χ1v) is 9.99. The zero-order chi connectivity index (χ0) is 20.8. The molecular formula is C21H28N6O2. The number of piperazine rings is 1. The minimum absolute atomic E-state index is 0.144. The lowest BCUT2D eigenvalue weighted by atomic mass is 10.1. The van der Waals surface area contributed by atoms with Gasteiger partial charge in [-0.3, -0.25) is 9.59 Å². The van der Waals surface area contributed by atoms with Crippen LogP contribution in [-0.4, -0.2) is 71.4 Å². The standard InChI is InChI=1S/C21H28N6O2/c1-4-26(5-2)17-6-7-18(16(3)12-17)24-20-13-19(22-14-23-20)21(29)27-10-8-25(15-28)9-11-27/h6-7,12-15H,4-5,8-11H2,1-3H3,(H,22,23,24). The Labute approximate surface area is 171 Å². The van der Waals surface area contributed by atoms with Crippen molar-refractivity contribution < 1.29 is 9.59 Å². The first-order valence-electron chi connectivity index (χ1n) is 9.99. The number of hydrogen-bond donors (Lipinski definition) is 1. The van der Waals surface area contributed by atoms with Gasteiger partial charge in [0.05, 0.1) is 0 Å². The fraction of sp³-hybridized carbons (Fsp3) is 0.429. The minimum atomic E-state index is -0.144. The second-order valence-corrected chi connectivity index (χ2v) is 7.02. The second kappa shape index (κ2) is 9.36. The Kier molecular flexibility index (Phi) is 6.64. The largest absolute Gasteiger partial charge is 0.372 e. The highest BCUT2D eigenvalue weighted by molar-refractivity contribution is 5.93. The monoisotopic (exact) mass is 396 g/mol. The van der Waals surface area contributed by atoms with Crippen LogP contribution >= 0.6 is 0 Å². The Bertz CT molecular complexity index is 860. The molecule has 1 saturated heterocycles. The number of nitrogens with zero attached hydrogens (tertiary/aromatic N) is 5. The highest BCUT2D eigenvalue weighted by Crippen LogP contribution is 2.25. The molecule has 2 aromatic rings. The van der Waals surface area contributed by atoms with E-state index in [1.54, 1.807) is 15.9 Å². The van der Waals surface area contributed by atoms with Gasteiger partial charge in [0, 0.05) is 56.7 Å². The average Bonchev–Trinajstić information content (AvgIpc) is 2.76. The summed E-state index contributed by atoms with van der Waals surface area (Å²) < 4.78 is 0. The van der Waals surface area contributed by atoms with Crippen LogP contribution in [0.25, 0.3) is 0 Å². The van der Waals surface area contributed by atoms with Gasteiger partial charge in [0.1, 0.15) is 17.8 Å². The third-order valence-corrected chi connectivity index (χ3v) is 5.24. The van der Waals surface area contributed by atoms with Gasteiger partial charge in [-0.2, -0.15) is 0 Å². The molecule has 0 aliphatic carbocycles. The molecule has 2 amide bonds. The lowest BCUT2D eigenvalue weighted by molar-refractivity contribution is -0.119. The van der Waals surface area contributed by atoms with Crippen LogP contribution in [0.2, 0.25) is 0 Å². The zero-order valence-electron chi connectivity index (χ0n) is 17.3. The molecule has 0 spiro atoms. The minimum Gasteiger partial charge on any atom is -0.372 e. The van der Waals surface area contributed by atoms with E-state index >= 15 is 0 Å². The van der Waals surface area contributed by atoms with E-state index in [1.807, 2.05) is 6.07 Å². The van der Waals surface area contributed by atoms with Crippen molar-refractivity contribution in [1.29, 1.82) is 0 Å². The molecule has 1 aromatic carbocycles. The van der Waals surface area contributed by atoms with Crippen molar-refractivity contribution in [3.63, 3.8) is 0 Å². The fourth-order valence-corrected chi connectivity index (χ4v) is 3.45. The molecule has 0 bridgehead atoms. The molecule has 1 fully saturated rings. The number of hydrogen-bond acceptors (Lipinski definition) is 6. The van der Waals surface area contributed by atoms with Crippen molar-refractivity contribution in [2.45, 2.75) is 20.8 Å². The summed E-state index contributed by atoms with van der Waals surface area (Å²) in [6.07, 6.45) is 2.22. The number of amides is 2. The smallest absolute Gasteiger partial charge is 0.272 e. The van der Waals surface area contributed by atoms with Gasteiger partial charge in [0.15, 0.2) is 0 Å². The summed E-state index contributed by atoms with van der Waals surface area (Å²) in [5, 5.41) is 3.29. The molecule has 0 saturated carbocycles. The van der Waals surface area contributed by atoms with Crippen LogP contribution in [0.15, 0.2) is 30.6 Å². The summed E-state index contributed by atoms with van der Waals surface area (Å²) in [5.41, 5.74) is 3.58. The van der Waals surface area contributed by atoms with E-state index in [-0.39, 0.29) is 5.91 Å². The van der Waals surface area contributed by atoms with Gasteiger partial charge in [-0.15, -0.1) is 0 Å². The van der Waals surface area contributed by atoms with E-state index in [0.29, 0.717) is 37.7 Å². The fourth-order valence-electron chi connectivity index (χ4n) is 3.45. The zero-order valence-corrected chi connectivity index (χ0v) is 17.3. The maximum Gasteiger partial charge on any atom is 0.272 e. The Morgan fingerprint density at radius 1 is 1.14 bits per heavy atom. The highest BCUT2D eigenvalue weighted by atomic mass is 16.2. The summed E-state index contributed by atoms with van der Waals surface area (Å²) in [6.45, 7) is 10.4. The Morgan fingerprint density at radius 3 is 2.48 bits per heavy atom. The van der Waals surface area contributed by atoms with Crippen LogP contribution in [0.1, 0.15) is 29.9 Å². The molecule has 0 atom stereocenters. The van der Waals surface area contributed by atoms with Gasteiger partial charge in [-0.25, -0.2) is 9.97 Å². The molecule has 29 heavy (non-hydrogen) atoms. The van der Waals surface area contributed by atoms with Gasteiger partial charge in [0.2, 0.25) is 6.41 Å². The lowest BCUT2D eigenvalue weighted by Crippen LogP contribution is -2.48. The molecule has 3 rings (SSSR count). The molecule has 0 unspecified atom stereocenters. The van der Waals surface area contributed by atoms with Crippen molar-refractivity contribution in [2.24, 2.45) is 0 Å². The summed E-state index contributed by atoms with van der Waals surface area (Å²) >= 11 is 0. The molecule has 1 aromatic heterocycles. The van der Waals surface area contributed by atoms with Gasteiger partial charge in [-0.05, 0) is 44.5 Å². The number of nitrogens with one attached hydrogen (secondary N) is 1. The van der Waals surface area contributed by atoms with Gasteiger partial charge < -0.3 is 20.0 Å². The van der Waals surface area contributed by atoms with Crippen LogP contribution in [0.5, 0.6) is 0 Å². The van der Waals surface area contributed by atoms with E-state index in [2.05, 4.69) is 53.1 Å². The topological polar surface area (TPSA) is 81.7 Å². The average molecular weight is 396 g/mol. The van der Waals surface area contributed by atoms with Gasteiger partial charge >= 0.3 is 0 Å². The van der Waals surface area contributed by atoms with Crippen molar-refractivity contribution in [2.75, 3.05) is 49.5 Å². The Hall–Kier alpha value is -3.16. The maximum absolute atomic E-state index is 12.7. The molecular weight excluding hydrogens is 368 g/mol. The third kappa shape index (κ3) is 4.82. The van der Waals surface area contributed by atoms with Gasteiger partial charge in [-0.1, -0.05) is 0 Å². The number of rotatable bonds is 7. The van der Waals surface area contributed by atoms with E-state index in [9.17, 15) is 9.59 Å². The van der Waals surface area contributed by atoms with E-state index < -0.39 is 0 Å². The Morgan fingerprint density at radius 2 is 1.86 bits per heavy atom. The predicted octanol–water partition coefficient (Wildman–Crippen LogP) is 2.29.